The van der Waals surface area contributed by atoms with Gasteiger partial charge in [-0.2, -0.15) is 0 Å². The van der Waals surface area contributed by atoms with Crippen molar-refractivity contribution in [3.63, 3.8) is 0 Å². The molecule has 3 fully saturated rings. The van der Waals surface area contributed by atoms with Crippen LogP contribution in [0.15, 0.2) is 0 Å². The van der Waals surface area contributed by atoms with Crippen molar-refractivity contribution in [3.05, 3.63) is 0 Å². The Hall–Kier alpha value is -0.610. The Labute approximate surface area is 90.3 Å². The molecule has 0 aromatic heterocycles. The van der Waals surface area contributed by atoms with Crippen LogP contribution in [0.4, 0.5) is 0 Å². The van der Waals surface area contributed by atoms with E-state index in [-0.39, 0.29) is 16.9 Å². The molecule has 3 saturated carbocycles. The van der Waals surface area contributed by atoms with Crippen LogP contribution in [-0.2, 0) is 9.53 Å². The number of hydrogen-bond acceptors (Lipinski definition) is 4. The van der Waals surface area contributed by atoms with Crippen LogP contribution in [0.1, 0.15) is 40.0 Å². The van der Waals surface area contributed by atoms with E-state index in [1.165, 1.54) is 0 Å². The molecule has 0 amide bonds. The van der Waals surface area contributed by atoms with Crippen molar-refractivity contribution in [2.75, 3.05) is 0 Å². The summed E-state index contributed by atoms with van der Waals surface area (Å²) in [6, 6.07) is -0.498. The van der Waals surface area contributed by atoms with Gasteiger partial charge in [0.2, 0.25) is 0 Å². The molecule has 0 aromatic carbocycles. The lowest BCUT2D eigenvalue weighted by Crippen LogP contribution is -2.78. The molecule has 4 nitrogen and oxygen atoms in total. The first kappa shape index (κ1) is 10.9. The minimum absolute atomic E-state index is 0.0143. The molecule has 4 heteroatoms. The first-order valence-corrected chi connectivity index (χ1v) is 5.43. The molecule has 0 aliphatic heterocycles. The molecule has 3 aliphatic rings. The van der Waals surface area contributed by atoms with E-state index < -0.39 is 11.6 Å². The Balaban J connectivity index is 1.92. The van der Waals surface area contributed by atoms with Crippen molar-refractivity contribution in [1.82, 2.24) is 0 Å². The van der Waals surface area contributed by atoms with Gasteiger partial charge in [0.15, 0.2) is 0 Å². The lowest BCUT2D eigenvalue weighted by atomic mass is 9.37. The number of nitrogens with two attached hydrogens (primary N) is 2. The predicted molar refractivity (Wildman–Crippen MR) is 57.0 cm³/mol. The van der Waals surface area contributed by atoms with Crippen LogP contribution < -0.4 is 11.5 Å². The molecule has 3 rings (SSSR count). The SMILES string of the molecule is CC(C)(C)OC(=O)C(N)C12CC(N)(C1)C2. The predicted octanol–water partition coefficient (Wildman–Crippen LogP) is 0.537. The van der Waals surface area contributed by atoms with Crippen molar-refractivity contribution >= 4 is 5.97 Å². The second-order valence-corrected chi connectivity index (χ2v) is 6.27. The fraction of sp³-hybridized carbons (Fsp3) is 0.909. The Bertz CT molecular complexity index is 286. The standard InChI is InChI=1S/C11H20N2O2/c1-9(2,3)15-8(14)7(12)10-4-11(13,5-10)6-10/h7H,4-6,12-13H2,1-3H3. The molecule has 0 radical (unpaired) electrons. The summed E-state index contributed by atoms with van der Waals surface area (Å²) < 4.78 is 5.27. The number of carbonyl (C=O) groups is 1. The van der Waals surface area contributed by atoms with E-state index in [1.807, 2.05) is 20.8 Å². The quantitative estimate of drug-likeness (QED) is 0.655. The van der Waals surface area contributed by atoms with E-state index in [4.69, 9.17) is 16.2 Å². The normalized spacial score (nSPS) is 40.1. The topological polar surface area (TPSA) is 78.3 Å². The average Bonchev–Trinajstić information content (AvgIpc) is 1.92. The summed E-state index contributed by atoms with van der Waals surface area (Å²) >= 11 is 0. The van der Waals surface area contributed by atoms with E-state index in [0.29, 0.717) is 0 Å². The smallest absolute Gasteiger partial charge is 0.324 e. The van der Waals surface area contributed by atoms with E-state index in [2.05, 4.69) is 0 Å². The lowest BCUT2D eigenvalue weighted by molar-refractivity contribution is -0.186. The van der Waals surface area contributed by atoms with Crippen LogP contribution in [0, 0.1) is 5.41 Å². The molecule has 0 aromatic rings. The third-order valence-electron chi connectivity index (χ3n) is 3.43. The first-order valence-electron chi connectivity index (χ1n) is 5.43. The molecule has 86 valence electrons. The van der Waals surface area contributed by atoms with Gasteiger partial charge >= 0.3 is 5.97 Å². The van der Waals surface area contributed by atoms with Crippen molar-refractivity contribution in [2.45, 2.75) is 57.2 Å². The van der Waals surface area contributed by atoms with Gasteiger partial charge in [-0.25, -0.2) is 0 Å². The highest BCUT2D eigenvalue weighted by molar-refractivity contribution is 5.78. The molecule has 0 saturated heterocycles. The monoisotopic (exact) mass is 212 g/mol. The van der Waals surface area contributed by atoms with Crippen LogP contribution >= 0.6 is 0 Å². The second-order valence-electron chi connectivity index (χ2n) is 6.27. The molecular weight excluding hydrogens is 192 g/mol. The molecule has 1 unspecified atom stereocenters. The maximum Gasteiger partial charge on any atom is 0.324 e. The second kappa shape index (κ2) is 2.74. The van der Waals surface area contributed by atoms with Crippen LogP contribution in [-0.4, -0.2) is 23.2 Å². The third-order valence-corrected chi connectivity index (χ3v) is 3.43. The molecule has 15 heavy (non-hydrogen) atoms. The van der Waals surface area contributed by atoms with Crippen molar-refractivity contribution < 1.29 is 9.53 Å². The zero-order chi connectivity index (χ0) is 11.5. The van der Waals surface area contributed by atoms with Gasteiger partial charge in [-0.3, -0.25) is 4.79 Å². The van der Waals surface area contributed by atoms with Gasteiger partial charge in [-0.15, -0.1) is 0 Å². The lowest BCUT2D eigenvalue weighted by Gasteiger charge is -2.70. The number of carbonyl (C=O) groups excluding carboxylic acids is 1. The maximum atomic E-state index is 11.7. The van der Waals surface area contributed by atoms with Gasteiger partial charge in [-0.05, 0) is 40.0 Å². The molecule has 1 atom stereocenters. The van der Waals surface area contributed by atoms with Crippen LogP contribution in [0.3, 0.4) is 0 Å². The van der Waals surface area contributed by atoms with Crippen LogP contribution in [0.2, 0.25) is 0 Å². The van der Waals surface area contributed by atoms with Crippen LogP contribution in [0.5, 0.6) is 0 Å². The highest BCUT2D eigenvalue weighted by Gasteiger charge is 2.69. The largest absolute Gasteiger partial charge is 0.459 e. The third kappa shape index (κ3) is 1.66. The summed E-state index contributed by atoms with van der Waals surface area (Å²) in [5.41, 5.74) is 11.3. The summed E-state index contributed by atoms with van der Waals surface area (Å²) in [5, 5.41) is 0. The number of hydrogen-bond donors (Lipinski definition) is 2. The van der Waals surface area contributed by atoms with Crippen LogP contribution in [0.25, 0.3) is 0 Å². The maximum absolute atomic E-state index is 11.7. The van der Waals surface area contributed by atoms with Gasteiger partial charge < -0.3 is 16.2 Å². The summed E-state index contributed by atoms with van der Waals surface area (Å²) in [7, 11) is 0. The van der Waals surface area contributed by atoms with E-state index in [1.54, 1.807) is 0 Å². The zero-order valence-electron chi connectivity index (χ0n) is 9.67. The van der Waals surface area contributed by atoms with Crippen molar-refractivity contribution in [3.8, 4) is 0 Å². The van der Waals surface area contributed by atoms with Gasteiger partial charge in [0.05, 0.1) is 0 Å². The molecule has 0 spiro atoms. The highest BCUT2D eigenvalue weighted by atomic mass is 16.6. The Morgan fingerprint density at radius 2 is 1.80 bits per heavy atom. The highest BCUT2D eigenvalue weighted by Crippen LogP contribution is 2.67. The zero-order valence-corrected chi connectivity index (χ0v) is 9.67. The number of ether oxygens (including phenoxy) is 1. The Morgan fingerprint density at radius 1 is 1.33 bits per heavy atom. The fourth-order valence-electron chi connectivity index (χ4n) is 2.89. The minimum Gasteiger partial charge on any atom is -0.459 e. The molecule has 0 heterocycles. The van der Waals surface area contributed by atoms with Gasteiger partial charge in [-0.1, -0.05) is 0 Å². The molecule has 3 aliphatic carbocycles. The number of rotatable bonds is 2. The summed E-state index contributed by atoms with van der Waals surface area (Å²) in [6.45, 7) is 5.55. The fourth-order valence-corrected chi connectivity index (χ4v) is 2.89. The summed E-state index contributed by atoms with van der Waals surface area (Å²) in [6.07, 6.45) is 2.63. The van der Waals surface area contributed by atoms with E-state index in [9.17, 15) is 4.79 Å². The molecule has 2 bridgehead atoms. The summed E-state index contributed by atoms with van der Waals surface area (Å²) in [5.74, 6) is -0.288. The van der Waals surface area contributed by atoms with E-state index >= 15 is 0 Å². The molecular formula is C11H20N2O2. The Morgan fingerprint density at radius 3 is 2.13 bits per heavy atom. The molecule has 4 N–H and O–H groups in total. The van der Waals surface area contributed by atoms with Gasteiger partial charge in [0.1, 0.15) is 11.6 Å². The first-order chi connectivity index (χ1) is 6.66. The van der Waals surface area contributed by atoms with Crippen molar-refractivity contribution in [1.29, 1.82) is 0 Å². The van der Waals surface area contributed by atoms with E-state index in [0.717, 1.165) is 19.3 Å². The Kier molecular flexibility index (Phi) is 1.99. The summed E-state index contributed by atoms with van der Waals surface area (Å²) in [4.78, 5) is 11.7. The number of esters is 1. The average molecular weight is 212 g/mol. The minimum atomic E-state index is -0.498. The van der Waals surface area contributed by atoms with Crippen molar-refractivity contribution in [2.24, 2.45) is 16.9 Å². The van der Waals surface area contributed by atoms with Gasteiger partial charge in [0.25, 0.3) is 0 Å². The van der Waals surface area contributed by atoms with Gasteiger partial charge in [0, 0.05) is 11.0 Å².